The van der Waals surface area contributed by atoms with Crippen LogP contribution in [0, 0.1) is 18.7 Å². The number of carbonyl (C=O) groups excluding carboxylic acids is 1. The number of halogens is 10. The van der Waals surface area contributed by atoms with Crippen molar-refractivity contribution in [2.24, 2.45) is 11.1 Å². The van der Waals surface area contributed by atoms with Gasteiger partial charge in [0, 0.05) is 30.5 Å². The summed E-state index contributed by atoms with van der Waals surface area (Å²) in [6, 6.07) is 3.97. The highest BCUT2D eigenvalue weighted by molar-refractivity contribution is 6.30. The van der Waals surface area contributed by atoms with Gasteiger partial charge >= 0.3 is 12.4 Å². The Morgan fingerprint density at radius 2 is 1.79 bits per heavy atom. The van der Waals surface area contributed by atoms with Gasteiger partial charge in [0.05, 0.1) is 22.7 Å². The summed E-state index contributed by atoms with van der Waals surface area (Å²) in [7, 11) is 0. The topological polar surface area (TPSA) is 50.7 Å². The van der Waals surface area contributed by atoms with Gasteiger partial charge in [0.2, 0.25) is 5.92 Å². The Hall–Kier alpha value is -2.96. The number of nitrogens with zero attached hydrogens (tertiary/aromatic N) is 1. The summed E-state index contributed by atoms with van der Waals surface area (Å²) < 4.78 is 123. The van der Waals surface area contributed by atoms with Gasteiger partial charge in [0.25, 0.3) is 11.5 Å². The normalized spacial score (nSPS) is 21.5. The molecule has 206 valence electrons. The molecule has 4 nitrogen and oxygen atoms in total. The Balaban J connectivity index is 1.59. The molecule has 1 aliphatic carbocycles. The molecule has 2 aliphatic rings. The Bertz CT molecular complexity index is 1300. The van der Waals surface area contributed by atoms with E-state index in [2.05, 4.69) is 15.3 Å². The van der Waals surface area contributed by atoms with Gasteiger partial charge in [-0.1, -0.05) is 22.8 Å². The molecular formula is C24H18ClF9N2O2. The molecule has 0 spiro atoms. The Kier molecular flexibility index (Phi) is 6.90. The standard InChI is InChI=1S/C24H18ClF9N2O2/c1-11-4-13(2-3-15(11)20(37)35-10-12-7-21(27,28)8-12)18-9-22(38-36-18,24(32,33)34)16-5-14(23(29,30)31)6-17(25)19(16)26/h2-6,12H,7-10H2,1H3,(H,35,37)/t22-/m0/s1. The summed E-state index contributed by atoms with van der Waals surface area (Å²) in [4.78, 5) is 17.1. The van der Waals surface area contributed by atoms with Crippen LogP contribution in [0.5, 0.6) is 0 Å². The number of hydrogen-bond donors (Lipinski definition) is 1. The highest BCUT2D eigenvalue weighted by Crippen LogP contribution is 2.51. The molecular weight excluding hydrogens is 555 g/mol. The van der Waals surface area contributed by atoms with Crippen molar-refractivity contribution in [3.63, 3.8) is 0 Å². The molecule has 1 heterocycles. The van der Waals surface area contributed by atoms with Crippen molar-refractivity contribution < 1.29 is 49.1 Å². The zero-order valence-electron chi connectivity index (χ0n) is 19.3. The lowest BCUT2D eigenvalue weighted by molar-refractivity contribution is -0.276. The SMILES string of the molecule is Cc1cc(C2=NO[C@@](c3cc(C(F)(F)F)cc(Cl)c3F)(C(F)(F)F)C2)ccc1C(=O)NCC1CC(F)(F)C1. The van der Waals surface area contributed by atoms with Crippen LogP contribution in [0.2, 0.25) is 5.02 Å². The van der Waals surface area contributed by atoms with Crippen LogP contribution in [0.25, 0.3) is 0 Å². The third-order valence-electron chi connectivity index (χ3n) is 6.51. The van der Waals surface area contributed by atoms with Crippen molar-refractivity contribution in [1.29, 1.82) is 0 Å². The van der Waals surface area contributed by atoms with Crippen LogP contribution in [-0.2, 0) is 16.6 Å². The summed E-state index contributed by atoms with van der Waals surface area (Å²) in [5, 5.41) is 4.76. The molecule has 0 aromatic heterocycles. The first kappa shape index (κ1) is 28.1. The minimum atomic E-state index is -5.40. The highest BCUT2D eigenvalue weighted by atomic mass is 35.5. The summed E-state index contributed by atoms with van der Waals surface area (Å²) in [5.74, 6) is -5.44. The van der Waals surface area contributed by atoms with Gasteiger partial charge in [0.15, 0.2) is 0 Å². The van der Waals surface area contributed by atoms with Crippen molar-refractivity contribution in [2.75, 3.05) is 6.54 Å². The molecule has 1 atom stereocenters. The predicted molar refractivity (Wildman–Crippen MR) is 118 cm³/mol. The molecule has 2 aromatic rings. The van der Waals surface area contributed by atoms with Crippen molar-refractivity contribution in [1.82, 2.24) is 5.32 Å². The number of alkyl halides is 8. The fourth-order valence-corrected chi connectivity index (χ4v) is 4.66. The summed E-state index contributed by atoms with van der Waals surface area (Å²) >= 11 is 5.50. The maximum Gasteiger partial charge on any atom is 0.435 e. The molecule has 0 bridgehead atoms. The van der Waals surface area contributed by atoms with Crippen LogP contribution < -0.4 is 5.32 Å². The van der Waals surface area contributed by atoms with Gasteiger partial charge in [-0.3, -0.25) is 4.79 Å². The van der Waals surface area contributed by atoms with Gasteiger partial charge in [-0.05, 0) is 48.2 Å². The number of hydrogen-bond acceptors (Lipinski definition) is 3. The second kappa shape index (κ2) is 9.35. The highest BCUT2D eigenvalue weighted by Gasteiger charge is 2.64. The largest absolute Gasteiger partial charge is 0.435 e. The molecule has 1 saturated carbocycles. The minimum Gasteiger partial charge on any atom is -0.374 e. The number of aryl methyl sites for hydroxylation is 1. The molecule has 1 N–H and O–H groups in total. The van der Waals surface area contributed by atoms with E-state index in [1.807, 2.05) is 0 Å². The minimum absolute atomic E-state index is 0.0101. The van der Waals surface area contributed by atoms with Crippen LogP contribution in [0.15, 0.2) is 35.5 Å². The number of benzene rings is 2. The lowest BCUT2D eigenvalue weighted by atomic mass is 9.81. The average Bonchev–Trinajstić information content (AvgIpc) is 3.23. The number of rotatable bonds is 5. The third-order valence-corrected chi connectivity index (χ3v) is 6.78. The van der Waals surface area contributed by atoms with Crippen LogP contribution in [0.4, 0.5) is 39.5 Å². The number of amides is 1. The Labute approximate surface area is 214 Å². The molecule has 14 heteroatoms. The van der Waals surface area contributed by atoms with E-state index in [0.717, 1.165) is 0 Å². The summed E-state index contributed by atoms with van der Waals surface area (Å²) in [5.41, 5.74) is -6.57. The van der Waals surface area contributed by atoms with E-state index in [0.29, 0.717) is 5.56 Å². The van der Waals surface area contributed by atoms with Crippen molar-refractivity contribution >= 4 is 23.2 Å². The molecule has 2 aromatic carbocycles. The van der Waals surface area contributed by atoms with E-state index < -0.39 is 58.2 Å². The van der Waals surface area contributed by atoms with Gasteiger partial charge in [0.1, 0.15) is 5.82 Å². The van der Waals surface area contributed by atoms with Crippen LogP contribution in [-0.4, -0.2) is 30.3 Å². The Morgan fingerprint density at radius 1 is 1.13 bits per heavy atom. The zero-order chi connectivity index (χ0) is 28.3. The molecule has 1 fully saturated rings. The molecule has 38 heavy (non-hydrogen) atoms. The van der Waals surface area contributed by atoms with E-state index in [-0.39, 0.29) is 54.3 Å². The second-order valence-corrected chi connectivity index (χ2v) is 9.73. The van der Waals surface area contributed by atoms with Crippen LogP contribution in [0.1, 0.15) is 51.9 Å². The molecule has 0 unspecified atom stereocenters. The molecule has 0 radical (unpaired) electrons. The lowest BCUT2D eigenvalue weighted by Gasteiger charge is -2.34. The van der Waals surface area contributed by atoms with Crippen LogP contribution in [0.3, 0.4) is 0 Å². The van der Waals surface area contributed by atoms with Crippen molar-refractivity contribution in [3.8, 4) is 0 Å². The first-order chi connectivity index (χ1) is 17.4. The molecule has 0 saturated heterocycles. The zero-order valence-corrected chi connectivity index (χ0v) is 20.1. The summed E-state index contributed by atoms with van der Waals surface area (Å²) in [6.45, 7) is 1.49. The van der Waals surface area contributed by atoms with E-state index >= 15 is 0 Å². The van der Waals surface area contributed by atoms with Gasteiger partial charge in [-0.25, -0.2) is 13.2 Å². The average molecular weight is 573 g/mol. The Morgan fingerprint density at radius 3 is 2.34 bits per heavy atom. The third kappa shape index (κ3) is 5.16. The van der Waals surface area contributed by atoms with Crippen molar-refractivity contribution in [2.45, 2.75) is 50.1 Å². The van der Waals surface area contributed by atoms with E-state index in [1.165, 1.54) is 25.1 Å². The second-order valence-electron chi connectivity index (χ2n) is 9.32. The molecule has 1 amide bonds. The lowest BCUT2D eigenvalue weighted by Crippen LogP contribution is -2.43. The first-order valence-electron chi connectivity index (χ1n) is 11.1. The number of carbonyl (C=O) groups is 1. The maximum absolute atomic E-state index is 14.7. The first-order valence-corrected chi connectivity index (χ1v) is 11.5. The number of oxime groups is 1. The van der Waals surface area contributed by atoms with Crippen LogP contribution >= 0.6 is 11.6 Å². The summed E-state index contributed by atoms with van der Waals surface area (Å²) in [6.07, 6.45) is -12.4. The van der Waals surface area contributed by atoms with Gasteiger partial charge in [-0.2, -0.15) is 26.3 Å². The fraction of sp³-hybridized carbons (Fsp3) is 0.417. The number of nitrogens with one attached hydrogen (secondary N) is 1. The monoisotopic (exact) mass is 572 g/mol. The van der Waals surface area contributed by atoms with E-state index in [9.17, 15) is 44.3 Å². The van der Waals surface area contributed by atoms with E-state index in [1.54, 1.807) is 0 Å². The molecule has 4 rings (SSSR count). The molecule has 1 aliphatic heterocycles. The van der Waals surface area contributed by atoms with Crippen molar-refractivity contribution in [3.05, 3.63) is 69.0 Å². The van der Waals surface area contributed by atoms with E-state index in [4.69, 9.17) is 11.6 Å². The predicted octanol–water partition coefficient (Wildman–Crippen LogP) is 7.16. The fourth-order valence-electron chi connectivity index (χ4n) is 4.44. The maximum atomic E-state index is 14.7. The quantitative estimate of drug-likeness (QED) is 0.387. The van der Waals surface area contributed by atoms with Gasteiger partial charge < -0.3 is 10.2 Å². The van der Waals surface area contributed by atoms with Gasteiger partial charge in [-0.15, -0.1) is 0 Å². The smallest absolute Gasteiger partial charge is 0.374 e.